The van der Waals surface area contributed by atoms with Crippen LogP contribution in [0.3, 0.4) is 0 Å². The highest BCUT2D eigenvalue weighted by Gasteiger charge is 2.37. The maximum Gasteiger partial charge on any atom is 0.318 e. The number of Topliss-reactive ketones (excluding diaryl/α,β-unsaturated/α-hetero) is 1. The van der Waals surface area contributed by atoms with E-state index in [1.807, 2.05) is 24.3 Å². The van der Waals surface area contributed by atoms with Crippen molar-refractivity contribution >= 4 is 22.8 Å². The lowest BCUT2D eigenvalue weighted by Gasteiger charge is -2.24. The van der Waals surface area contributed by atoms with Crippen molar-refractivity contribution < 1.29 is 19.1 Å². The van der Waals surface area contributed by atoms with E-state index in [9.17, 15) is 9.59 Å². The first kappa shape index (κ1) is 17.6. The third-order valence-corrected chi connectivity index (χ3v) is 4.31. The van der Waals surface area contributed by atoms with Crippen molar-refractivity contribution in [2.24, 2.45) is 5.92 Å². The smallest absolute Gasteiger partial charge is 0.318 e. The van der Waals surface area contributed by atoms with E-state index in [-0.39, 0.29) is 5.78 Å². The summed E-state index contributed by atoms with van der Waals surface area (Å²) in [6, 6.07) is 13.9. The van der Waals surface area contributed by atoms with Gasteiger partial charge in [-0.1, -0.05) is 29.5 Å². The second kappa shape index (κ2) is 7.35. The largest absolute Gasteiger partial charge is 0.497 e. The molecular formula is C19H19N3O4. The molecule has 0 N–H and O–H groups in total. The minimum absolute atomic E-state index is 0.308. The van der Waals surface area contributed by atoms with Crippen LogP contribution in [0, 0.1) is 5.92 Å². The van der Waals surface area contributed by atoms with Crippen LogP contribution in [-0.4, -0.2) is 41.0 Å². The molecular weight excluding hydrogens is 334 g/mol. The predicted octanol–water partition coefficient (Wildman–Crippen LogP) is 2.41. The predicted molar refractivity (Wildman–Crippen MR) is 94.8 cm³/mol. The number of carbonyl (C=O) groups is 2. The molecule has 0 aliphatic rings. The molecule has 26 heavy (non-hydrogen) atoms. The zero-order valence-corrected chi connectivity index (χ0v) is 14.7. The van der Waals surface area contributed by atoms with E-state index in [4.69, 9.17) is 9.47 Å². The molecule has 0 fully saturated rings. The van der Waals surface area contributed by atoms with Gasteiger partial charge in [-0.05, 0) is 36.8 Å². The van der Waals surface area contributed by atoms with Gasteiger partial charge in [0.15, 0.2) is 0 Å². The van der Waals surface area contributed by atoms with Crippen molar-refractivity contribution in [1.82, 2.24) is 15.0 Å². The molecule has 0 bridgehead atoms. The molecule has 0 amide bonds. The molecule has 1 aromatic heterocycles. The van der Waals surface area contributed by atoms with Crippen molar-refractivity contribution in [1.29, 1.82) is 0 Å². The number of benzene rings is 2. The molecule has 1 heterocycles. The SMILES string of the molecule is COC(=O)C(C(C)=O)C(c1ccc(OC)cc1)n1nnc2ccccc21. The normalized spacial score (nSPS) is 13.2. The van der Waals surface area contributed by atoms with Crippen molar-refractivity contribution in [3.63, 3.8) is 0 Å². The number of ether oxygens (including phenoxy) is 2. The molecule has 7 heteroatoms. The van der Waals surface area contributed by atoms with Crippen LogP contribution in [-0.2, 0) is 14.3 Å². The molecule has 3 aromatic rings. The molecule has 2 unspecified atom stereocenters. The van der Waals surface area contributed by atoms with Gasteiger partial charge in [0.2, 0.25) is 0 Å². The fourth-order valence-electron chi connectivity index (χ4n) is 3.01. The number of fused-ring (bicyclic) bond motifs is 1. The molecule has 0 saturated heterocycles. The van der Waals surface area contributed by atoms with E-state index in [1.54, 1.807) is 36.1 Å². The second-order valence-corrected chi connectivity index (χ2v) is 5.85. The number of hydrogen-bond acceptors (Lipinski definition) is 6. The molecule has 0 aliphatic carbocycles. The standard InChI is InChI=1S/C19H19N3O4/c1-12(23)17(19(24)26-3)18(13-8-10-14(25-2)11-9-13)22-16-7-5-4-6-15(16)20-21-22/h4-11,17-18H,1-3H3. The van der Waals surface area contributed by atoms with Crippen LogP contribution in [0.25, 0.3) is 11.0 Å². The van der Waals surface area contributed by atoms with Crippen LogP contribution in [0.2, 0.25) is 0 Å². The summed E-state index contributed by atoms with van der Waals surface area (Å²) in [6.07, 6.45) is 0. The van der Waals surface area contributed by atoms with Crippen LogP contribution < -0.4 is 4.74 Å². The summed E-state index contributed by atoms with van der Waals surface area (Å²) < 4.78 is 11.7. The maximum atomic E-state index is 12.4. The number of ketones is 1. The average molecular weight is 353 g/mol. The maximum absolute atomic E-state index is 12.4. The summed E-state index contributed by atoms with van der Waals surface area (Å²) >= 11 is 0. The topological polar surface area (TPSA) is 83.3 Å². The molecule has 2 aromatic carbocycles. The van der Waals surface area contributed by atoms with Gasteiger partial charge >= 0.3 is 5.97 Å². The first-order valence-corrected chi connectivity index (χ1v) is 8.09. The van der Waals surface area contributed by atoms with Crippen LogP contribution in [0.5, 0.6) is 5.75 Å². The Morgan fingerprint density at radius 2 is 1.73 bits per heavy atom. The Morgan fingerprint density at radius 3 is 2.35 bits per heavy atom. The lowest BCUT2D eigenvalue weighted by atomic mass is 9.89. The quantitative estimate of drug-likeness (QED) is 0.500. The summed E-state index contributed by atoms with van der Waals surface area (Å²) in [5.74, 6) is -1.29. The van der Waals surface area contributed by atoms with Gasteiger partial charge in [-0.3, -0.25) is 9.59 Å². The molecule has 3 rings (SSSR count). The Hall–Kier alpha value is -3.22. The Labute approximate surface area is 150 Å². The molecule has 0 aliphatic heterocycles. The average Bonchev–Trinajstić information content (AvgIpc) is 3.09. The fraction of sp³-hybridized carbons (Fsp3) is 0.263. The van der Waals surface area contributed by atoms with Gasteiger partial charge in [-0.2, -0.15) is 0 Å². The van der Waals surface area contributed by atoms with Crippen LogP contribution in [0.15, 0.2) is 48.5 Å². The van der Waals surface area contributed by atoms with E-state index < -0.39 is 17.9 Å². The molecule has 7 nitrogen and oxygen atoms in total. The molecule has 2 atom stereocenters. The molecule has 0 radical (unpaired) electrons. The van der Waals surface area contributed by atoms with Crippen molar-refractivity contribution in [3.8, 4) is 5.75 Å². The van der Waals surface area contributed by atoms with Gasteiger partial charge in [0.1, 0.15) is 23.0 Å². The Bertz CT molecular complexity index is 933. The van der Waals surface area contributed by atoms with E-state index in [2.05, 4.69) is 10.3 Å². The zero-order valence-electron chi connectivity index (χ0n) is 14.7. The van der Waals surface area contributed by atoms with Gasteiger partial charge in [-0.25, -0.2) is 4.68 Å². The Kier molecular flexibility index (Phi) is 4.97. The number of aromatic nitrogens is 3. The number of para-hydroxylation sites is 1. The number of methoxy groups -OCH3 is 2. The number of carbonyl (C=O) groups excluding carboxylic acids is 2. The molecule has 0 spiro atoms. The Balaban J connectivity index is 2.20. The minimum atomic E-state index is -1.04. The summed E-state index contributed by atoms with van der Waals surface area (Å²) in [5.41, 5.74) is 2.13. The van der Waals surface area contributed by atoms with Crippen molar-refractivity contribution in [2.75, 3.05) is 14.2 Å². The van der Waals surface area contributed by atoms with Crippen molar-refractivity contribution in [2.45, 2.75) is 13.0 Å². The second-order valence-electron chi connectivity index (χ2n) is 5.85. The van der Waals surface area contributed by atoms with E-state index in [0.717, 1.165) is 11.1 Å². The number of hydrogen-bond donors (Lipinski definition) is 0. The van der Waals surface area contributed by atoms with Crippen molar-refractivity contribution in [3.05, 3.63) is 54.1 Å². The fourth-order valence-corrected chi connectivity index (χ4v) is 3.01. The Morgan fingerprint density at radius 1 is 1.04 bits per heavy atom. The van der Waals surface area contributed by atoms with Crippen LogP contribution in [0.1, 0.15) is 18.5 Å². The minimum Gasteiger partial charge on any atom is -0.497 e. The van der Waals surface area contributed by atoms with E-state index in [0.29, 0.717) is 11.3 Å². The number of nitrogens with zero attached hydrogens (tertiary/aromatic N) is 3. The summed E-state index contributed by atoms with van der Waals surface area (Å²) in [6.45, 7) is 1.37. The lowest BCUT2D eigenvalue weighted by Crippen LogP contribution is -2.34. The van der Waals surface area contributed by atoms with Gasteiger partial charge < -0.3 is 9.47 Å². The first-order valence-electron chi connectivity index (χ1n) is 8.09. The monoisotopic (exact) mass is 353 g/mol. The molecule has 0 saturated carbocycles. The summed E-state index contributed by atoms with van der Waals surface area (Å²) in [7, 11) is 2.84. The van der Waals surface area contributed by atoms with Crippen LogP contribution in [0.4, 0.5) is 0 Å². The highest BCUT2D eigenvalue weighted by Crippen LogP contribution is 2.31. The third kappa shape index (κ3) is 3.15. The number of rotatable bonds is 6. The van der Waals surface area contributed by atoms with Gasteiger partial charge in [0.25, 0.3) is 0 Å². The lowest BCUT2D eigenvalue weighted by molar-refractivity contribution is -0.150. The third-order valence-electron chi connectivity index (χ3n) is 4.31. The molecule has 134 valence electrons. The zero-order chi connectivity index (χ0) is 18.7. The van der Waals surface area contributed by atoms with Gasteiger partial charge in [-0.15, -0.1) is 5.10 Å². The number of esters is 1. The summed E-state index contributed by atoms with van der Waals surface area (Å²) in [5, 5.41) is 8.36. The van der Waals surface area contributed by atoms with E-state index >= 15 is 0 Å². The van der Waals surface area contributed by atoms with Gasteiger partial charge in [0.05, 0.1) is 25.8 Å². The highest BCUT2D eigenvalue weighted by molar-refractivity contribution is 5.99. The summed E-state index contributed by atoms with van der Waals surface area (Å²) in [4.78, 5) is 24.7. The van der Waals surface area contributed by atoms with E-state index in [1.165, 1.54) is 14.0 Å². The van der Waals surface area contributed by atoms with Crippen LogP contribution >= 0.6 is 0 Å². The first-order chi connectivity index (χ1) is 12.6. The highest BCUT2D eigenvalue weighted by atomic mass is 16.5. The van der Waals surface area contributed by atoms with Gasteiger partial charge in [0, 0.05) is 0 Å².